The summed E-state index contributed by atoms with van der Waals surface area (Å²) < 4.78 is 5.48. The normalized spacial score (nSPS) is 21.1. The third-order valence-corrected chi connectivity index (χ3v) is 3.69. The fourth-order valence-corrected chi connectivity index (χ4v) is 2.64. The molecule has 3 rings (SSSR count). The van der Waals surface area contributed by atoms with Crippen LogP contribution in [0.1, 0.15) is 19.2 Å². The van der Waals surface area contributed by atoms with Crippen LogP contribution in [0, 0.1) is 0 Å². The van der Waals surface area contributed by atoms with Crippen molar-refractivity contribution in [3.05, 3.63) is 30.1 Å². The number of aromatic amines is 1. The monoisotopic (exact) mass is 274 g/mol. The van der Waals surface area contributed by atoms with Crippen molar-refractivity contribution in [1.82, 2.24) is 20.6 Å². The van der Waals surface area contributed by atoms with Gasteiger partial charge in [0.1, 0.15) is 5.82 Å². The summed E-state index contributed by atoms with van der Waals surface area (Å²) in [5, 5.41) is 7.00. The van der Waals surface area contributed by atoms with Crippen molar-refractivity contribution >= 4 is 11.0 Å². The average molecular weight is 274 g/mol. The molecule has 0 bridgehead atoms. The number of morpholine rings is 1. The molecule has 0 spiro atoms. The van der Waals surface area contributed by atoms with Gasteiger partial charge in [0, 0.05) is 18.6 Å². The van der Waals surface area contributed by atoms with E-state index in [9.17, 15) is 0 Å². The molecule has 0 amide bonds. The molecule has 0 radical (unpaired) electrons. The molecule has 20 heavy (non-hydrogen) atoms. The maximum absolute atomic E-state index is 5.48. The highest BCUT2D eigenvalue weighted by atomic mass is 16.5. The molecular weight excluding hydrogens is 252 g/mol. The number of nitrogens with zero attached hydrogens (tertiary/aromatic N) is 1. The minimum Gasteiger partial charge on any atom is -0.379 e. The molecule has 0 aliphatic carbocycles. The summed E-state index contributed by atoms with van der Waals surface area (Å²) in [6, 6.07) is 9.01. The first kappa shape index (κ1) is 13.5. The molecule has 1 aromatic heterocycles. The van der Waals surface area contributed by atoms with Crippen LogP contribution in [-0.4, -0.2) is 41.8 Å². The third-order valence-electron chi connectivity index (χ3n) is 3.69. The number of aromatic nitrogens is 2. The van der Waals surface area contributed by atoms with Gasteiger partial charge in [0.05, 0.1) is 30.8 Å². The van der Waals surface area contributed by atoms with Gasteiger partial charge in [-0.2, -0.15) is 0 Å². The molecule has 2 aromatic rings. The van der Waals surface area contributed by atoms with Crippen LogP contribution in [0.3, 0.4) is 0 Å². The van der Waals surface area contributed by atoms with E-state index in [0.717, 1.165) is 49.6 Å². The largest absolute Gasteiger partial charge is 0.379 e. The Morgan fingerprint density at radius 1 is 1.45 bits per heavy atom. The summed E-state index contributed by atoms with van der Waals surface area (Å²) in [6.45, 7) is 5.58. The molecule has 3 N–H and O–H groups in total. The quantitative estimate of drug-likeness (QED) is 0.771. The van der Waals surface area contributed by atoms with Gasteiger partial charge in [0.25, 0.3) is 0 Å². The summed E-state index contributed by atoms with van der Waals surface area (Å²) in [5.74, 6) is 0.992. The number of fused-ring (bicyclic) bond motifs is 1. The summed E-state index contributed by atoms with van der Waals surface area (Å²) in [6.07, 6.45) is 1.07. The van der Waals surface area contributed by atoms with Crippen molar-refractivity contribution in [3.8, 4) is 0 Å². The average Bonchev–Trinajstić information content (AvgIpc) is 2.89. The van der Waals surface area contributed by atoms with Crippen molar-refractivity contribution in [1.29, 1.82) is 0 Å². The number of hydrogen-bond donors (Lipinski definition) is 3. The highest BCUT2D eigenvalue weighted by Gasteiger charge is 2.16. The van der Waals surface area contributed by atoms with Gasteiger partial charge in [0.15, 0.2) is 0 Å². The lowest BCUT2D eigenvalue weighted by atomic mass is 10.1. The number of hydrogen-bond acceptors (Lipinski definition) is 4. The molecule has 1 aliphatic rings. The second-order valence-corrected chi connectivity index (χ2v) is 5.44. The number of imidazole rings is 1. The number of benzene rings is 1. The molecule has 2 atom stereocenters. The Balaban J connectivity index is 1.50. The van der Waals surface area contributed by atoms with Crippen LogP contribution in [0.4, 0.5) is 0 Å². The molecule has 1 aliphatic heterocycles. The van der Waals surface area contributed by atoms with Crippen molar-refractivity contribution in [2.24, 2.45) is 0 Å². The predicted molar refractivity (Wildman–Crippen MR) is 79.6 cm³/mol. The van der Waals surface area contributed by atoms with Crippen LogP contribution in [0.2, 0.25) is 0 Å². The highest BCUT2D eigenvalue weighted by molar-refractivity contribution is 5.74. The maximum atomic E-state index is 5.48. The Morgan fingerprint density at radius 3 is 3.15 bits per heavy atom. The van der Waals surface area contributed by atoms with E-state index in [0.29, 0.717) is 12.1 Å². The van der Waals surface area contributed by atoms with E-state index in [1.54, 1.807) is 0 Å². The van der Waals surface area contributed by atoms with Crippen molar-refractivity contribution < 1.29 is 4.74 Å². The molecule has 1 saturated heterocycles. The molecule has 5 nitrogen and oxygen atoms in total. The smallest absolute Gasteiger partial charge is 0.121 e. The van der Waals surface area contributed by atoms with Crippen LogP contribution < -0.4 is 10.6 Å². The van der Waals surface area contributed by atoms with Gasteiger partial charge in [0.2, 0.25) is 0 Å². The zero-order chi connectivity index (χ0) is 13.8. The number of para-hydroxylation sites is 2. The SMILES string of the molecule is CC(CC1COCCN1)NCc1nc2ccccc2[nH]1. The summed E-state index contributed by atoms with van der Waals surface area (Å²) in [7, 11) is 0. The van der Waals surface area contributed by atoms with E-state index < -0.39 is 0 Å². The molecule has 5 heteroatoms. The van der Waals surface area contributed by atoms with E-state index in [4.69, 9.17) is 4.74 Å². The Hall–Kier alpha value is -1.43. The van der Waals surface area contributed by atoms with Crippen LogP contribution >= 0.6 is 0 Å². The maximum Gasteiger partial charge on any atom is 0.121 e. The van der Waals surface area contributed by atoms with Gasteiger partial charge in [-0.15, -0.1) is 0 Å². The fourth-order valence-electron chi connectivity index (χ4n) is 2.64. The van der Waals surface area contributed by atoms with E-state index in [1.165, 1.54) is 0 Å². The predicted octanol–water partition coefficient (Wildman–Crippen LogP) is 1.42. The lowest BCUT2D eigenvalue weighted by molar-refractivity contribution is 0.0711. The molecule has 108 valence electrons. The zero-order valence-corrected chi connectivity index (χ0v) is 11.9. The van der Waals surface area contributed by atoms with Crippen LogP contribution in [0.5, 0.6) is 0 Å². The zero-order valence-electron chi connectivity index (χ0n) is 11.9. The summed E-state index contributed by atoms with van der Waals surface area (Å²) in [5.41, 5.74) is 2.12. The van der Waals surface area contributed by atoms with Gasteiger partial charge in [-0.3, -0.25) is 0 Å². The molecule has 1 aromatic carbocycles. The third kappa shape index (κ3) is 3.36. The Labute approximate surface area is 119 Å². The minimum absolute atomic E-state index is 0.433. The first-order valence-electron chi connectivity index (χ1n) is 7.29. The highest BCUT2D eigenvalue weighted by Crippen LogP contribution is 2.10. The number of rotatable bonds is 5. The number of nitrogens with one attached hydrogen (secondary N) is 3. The van der Waals surface area contributed by atoms with E-state index in [-0.39, 0.29) is 0 Å². The van der Waals surface area contributed by atoms with Crippen LogP contribution in [0.15, 0.2) is 24.3 Å². The van der Waals surface area contributed by atoms with E-state index in [2.05, 4.69) is 33.6 Å². The standard InChI is InChI=1S/C15H22N4O/c1-11(8-12-10-20-7-6-16-12)17-9-15-18-13-4-2-3-5-14(13)19-15/h2-5,11-12,16-17H,6-10H2,1H3,(H,18,19). The van der Waals surface area contributed by atoms with Gasteiger partial charge >= 0.3 is 0 Å². The Bertz CT molecular complexity index is 515. The number of H-pyrrole nitrogens is 1. The number of ether oxygens (including phenoxy) is 1. The topological polar surface area (TPSA) is 62.0 Å². The lowest BCUT2D eigenvalue weighted by Crippen LogP contribution is -2.44. The fraction of sp³-hybridized carbons (Fsp3) is 0.533. The molecular formula is C15H22N4O. The lowest BCUT2D eigenvalue weighted by Gasteiger charge is -2.26. The minimum atomic E-state index is 0.433. The molecule has 1 fully saturated rings. The Morgan fingerprint density at radius 2 is 2.35 bits per heavy atom. The summed E-state index contributed by atoms with van der Waals surface area (Å²) in [4.78, 5) is 7.91. The molecule has 2 unspecified atom stereocenters. The Kier molecular flexibility index (Phi) is 4.30. The van der Waals surface area contributed by atoms with Crippen LogP contribution in [-0.2, 0) is 11.3 Å². The van der Waals surface area contributed by atoms with Crippen molar-refractivity contribution in [3.63, 3.8) is 0 Å². The first-order valence-corrected chi connectivity index (χ1v) is 7.29. The van der Waals surface area contributed by atoms with Crippen molar-refractivity contribution in [2.45, 2.75) is 32.0 Å². The van der Waals surface area contributed by atoms with Crippen molar-refractivity contribution in [2.75, 3.05) is 19.8 Å². The van der Waals surface area contributed by atoms with Gasteiger partial charge in [-0.1, -0.05) is 12.1 Å². The first-order chi connectivity index (χ1) is 9.81. The molecule has 0 saturated carbocycles. The second-order valence-electron chi connectivity index (χ2n) is 5.44. The van der Waals surface area contributed by atoms with E-state index >= 15 is 0 Å². The van der Waals surface area contributed by atoms with Gasteiger partial charge in [-0.05, 0) is 25.5 Å². The van der Waals surface area contributed by atoms with Crippen LogP contribution in [0.25, 0.3) is 11.0 Å². The van der Waals surface area contributed by atoms with Gasteiger partial charge in [-0.25, -0.2) is 4.98 Å². The summed E-state index contributed by atoms with van der Waals surface area (Å²) >= 11 is 0. The van der Waals surface area contributed by atoms with Gasteiger partial charge < -0.3 is 20.4 Å². The second kappa shape index (κ2) is 6.35. The molecule has 2 heterocycles. The van der Waals surface area contributed by atoms with E-state index in [1.807, 2.05) is 18.2 Å².